The Morgan fingerprint density at radius 3 is 2.95 bits per heavy atom. The minimum absolute atomic E-state index is 0.266. The monoisotopic (exact) mass is 263 g/mol. The molecule has 1 unspecified atom stereocenters. The lowest BCUT2D eigenvalue weighted by Crippen LogP contribution is -2.50. The maximum absolute atomic E-state index is 11.6. The lowest BCUT2D eigenvalue weighted by atomic mass is 10.1. The first kappa shape index (κ1) is 13.7. The Balaban J connectivity index is 2.09. The number of hydrogen-bond acceptors (Lipinski definition) is 4. The van der Waals surface area contributed by atoms with E-state index < -0.39 is 0 Å². The second-order valence-corrected chi connectivity index (χ2v) is 4.83. The SMILES string of the molecule is CC/C=C/CCN1Cc2nnc(C)n2CC1C(N)=O. The van der Waals surface area contributed by atoms with E-state index >= 15 is 0 Å². The highest BCUT2D eigenvalue weighted by Gasteiger charge is 2.31. The van der Waals surface area contributed by atoms with Crippen molar-refractivity contribution in [1.82, 2.24) is 19.7 Å². The van der Waals surface area contributed by atoms with Crippen molar-refractivity contribution >= 4 is 5.91 Å². The standard InChI is InChI=1S/C13H21N5O/c1-3-4-5-6-7-17-9-12-16-15-10(2)18(12)8-11(17)13(14)19/h4-5,11H,3,6-9H2,1-2H3,(H2,14,19)/b5-4+. The Hall–Kier alpha value is -1.69. The van der Waals surface area contributed by atoms with Crippen molar-refractivity contribution in [2.75, 3.05) is 6.54 Å². The number of nitrogens with two attached hydrogens (primary N) is 1. The summed E-state index contributed by atoms with van der Waals surface area (Å²) >= 11 is 0. The van der Waals surface area contributed by atoms with E-state index in [9.17, 15) is 4.79 Å². The van der Waals surface area contributed by atoms with Crippen molar-refractivity contribution in [1.29, 1.82) is 0 Å². The third kappa shape index (κ3) is 3.01. The molecule has 0 saturated carbocycles. The summed E-state index contributed by atoms with van der Waals surface area (Å²) in [5, 5.41) is 8.20. The number of hydrogen-bond donors (Lipinski definition) is 1. The summed E-state index contributed by atoms with van der Waals surface area (Å²) in [6.07, 6.45) is 6.23. The first-order valence-corrected chi connectivity index (χ1v) is 6.70. The molecule has 6 heteroatoms. The molecule has 0 bridgehead atoms. The fourth-order valence-corrected chi connectivity index (χ4v) is 2.39. The van der Waals surface area contributed by atoms with Crippen LogP contribution in [0.25, 0.3) is 0 Å². The Bertz CT molecular complexity index is 479. The zero-order valence-electron chi connectivity index (χ0n) is 11.5. The van der Waals surface area contributed by atoms with Gasteiger partial charge in [0.2, 0.25) is 5.91 Å². The van der Waals surface area contributed by atoms with Crippen LogP contribution in [0.15, 0.2) is 12.2 Å². The van der Waals surface area contributed by atoms with Crippen LogP contribution >= 0.6 is 0 Å². The average Bonchev–Trinajstić information content (AvgIpc) is 2.75. The molecule has 0 fully saturated rings. The van der Waals surface area contributed by atoms with E-state index in [0.29, 0.717) is 13.1 Å². The third-order valence-corrected chi connectivity index (χ3v) is 3.47. The van der Waals surface area contributed by atoms with Crippen LogP contribution < -0.4 is 5.73 Å². The lowest BCUT2D eigenvalue weighted by molar-refractivity contribution is -0.124. The second kappa shape index (κ2) is 5.97. The number of nitrogens with zero attached hydrogens (tertiary/aromatic N) is 4. The molecule has 2 N–H and O–H groups in total. The summed E-state index contributed by atoms with van der Waals surface area (Å²) < 4.78 is 1.98. The molecule has 6 nitrogen and oxygen atoms in total. The van der Waals surface area contributed by atoms with Gasteiger partial charge in [0.1, 0.15) is 17.7 Å². The van der Waals surface area contributed by atoms with E-state index in [2.05, 4.69) is 34.2 Å². The normalized spacial score (nSPS) is 19.8. The highest BCUT2D eigenvalue weighted by molar-refractivity contribution is 5.79. The number of carbonyl (C=O) groups is 1. The molecule has 1 aromatic rings. The summed E-state index contributed by atoms with van der Waals surface area (Å²) in [6.45, 7) is 6.01. The number of primary amides is 1. The van der Waals surface area contributed by atoms with Gasteiger partial charge >= 0.3 is 0 Å². The first-order valence-electron chi connectivity index (χ1n) is 6.70. The van der Waals surface area contributed by atoms with Crippen molar-refractivity contribution in [3.05, 3.63) is 23.8 Å². The Kier molecular flexibility index (Phi) is 4.31. The minimum atomic E-state index is -0.279. The number of aromatic nitrogens is 3. The molecule has 0 aromatic carbocycles. The molecule has 1 aliphatic heterocycles. The fourth-order valence-electron chi connectivity index (χ4n) is 2.39. The van der Waals surface area contributed by atoms with Crippen LogP contribution in [0.3, 0.4) is 0 Å². The highest BCUT2D eigenvalue weighted by atomic mass is 16.1. The Morgan fingerprint density at radius 2 is 2.26 bits per heavy atom. The van der Waals surface area contributed by atoms with Gasteiger partial charge < -0.3 is 10.3 Å². The van der Waals surface area contributed by atoms with Gasteiger partial charge in [-0.3, -0.25) is 9.69 Å². The molecule has 2 rings (SSSR count). The predicted octanol–water partition coefficient (Wildman–Crippen LogP) is 0.612. The van der Waals surface area contributed by atoms with Crippen LogP contribution in [-0.2, 0) is 17.9 Å². The Morgan fingerprint density at radius 1 is 1.47 bits per heavy atom. The van der Waals surface area contributed by atoms with Crippen molar-refractivity contribution < 1.29 is 4.79 Å². The maximum Gasteiger partial charge on any atom is 0.236 e. The van der Waals surface area contributed by atoms with Gasteiger partial charge in [-0.05, 0) is 19.8 Å². The average molecular weight is 263 g/mol. The Labute approximate surface area is 113 Å². The number of allylic oxidation sites excluding steroid dienone is 1. The molecule has 0 saturated heterocycles. The van der Waals surface area contributed by atoms with Gasteiger partial charge in [-0.25, -0.2) is 0 Å². The van der Waals surface area contributed by atoms with Gasteiger partial charge in [0.25, 0.3) is 0 Å². The van der Waals surface area contributed by atoms with Gasteiger partial charge in [-0.15, -0.1) is 10.2 Å². The van der Waals surface area contributed by atoms with E-state index in [1.807, 2.05) is 11.5 Å². The number of aryl methyl sites for hydroxylation is 1. The van der Waals surface area contributed by atoms with Gasteiger partial charge in [-0.1, -0.05) is 19.1 Å². The van der Waals surface area contributed by atoms with Gasteiger partial charge in [0.05, 0.1) is 13.1 Å². The molecule has 104 valence electrons. The number of carbonyl (C=O) groups excluding carboxylic acids is 1. The van der Waals surface area contributed by atoms with E-state index in [1.165, 1.54) is 0 Å². The molecular formula is C13H21N5O. The number of fused-ring (bicyclic) bond motifs is 1. The molecule has 0 radical (unpaired) electrons. The molecular weight excluding hydrogens is 242 g/mol. The van der Waals surface area contributed by atoms with Crippen LogP contribution in [0.4, 0.5) is 0 Å². The van der Waals surface area contributed by atoms with Crippen molar-refractivity contribution in [3.8, 4) is 0 Å². The largest absolute Gasteiger partial charge is 0.368 e. The number of rotatable bonds is 5. The van der Waals surface area contributed by atoms with E-state index in [-0.39, 0.29) is 11.9 Å². The minimum Gasteiger partial charge on any atom is -0.368 e. The molecule has 1 atom stereocenters. The van der Waals surface area contributed by atoms with Crippen LogP contribution in [-0.4, -0.2) is 38.2 Å². The number of amides is 1. The summed E-state index contributed by atoms with van der Waals surface area (Å²) in [5.41, 5.74) is 5.51. The van der Waals surface area contributed by atoms with E-state index in [0.717, 1.165) is 31.0 Å². The zero-order chi connectivity index (χ0) is 13.8. The second-order valence-electron chi connectivity index (χ2n) is 4.83. The van der Waals surface area contributed by atoms with Crippen molar-refractivity contribution in [2.24, 2.45) is 5.73 Å². The van der Waals surface area contributed by atoms with Crippen molar-refractivity contribution in [3.63, 3.8) is 0 Å². The zero-order valence-corrected chi connectivity index (χ0v) is 11.5. The molecule has 0 spiro atoms. The van der Waals surface area contributed by atoms with E-state index in [1.54, 1.807) is 0 Å². The smallest absolute Gasteiger partial charge is 0.236 e. The summed E-state index contributed by atoms with van der Waals surface area (Å²) in [4.78, 5) is 13.7. The summed E-state index contributed by atoms with van der Waals surface area (Å²) in [5.74, 6) is 1.47. The van der Waals surface area contributed by atoms with Gasteiger partial charge in [-0.2, -0.15) is 0 Å². The van der Waals surface area contributed by atoms with Crippen LogP contribution in [0.1, 0.15) is 31.4 Å². The van der Waals surface area contributed by atoms with Gasteiger partial charge in [0, 0.05) is 6.54 Å². The quantitative estimate of drug-likeness (QED) is 0.790. The van der Waals surface area contributed by atoms with Crippen molar-refractivity contribution in [2.45, 2.75) is 45.8 Å². The fraction of sp³-hybridized carbons (Fsp3) is 0.615. The molecule has 0 aliphatic carbocycles. The van der Waals surface area contributed by atoms with Crippen LogP contribution in [0.5, 0.6) is 0 Å². The first-order chi connectivity index (χ1) is 9.13. The van der Waals surface area contributed by atoms with E-state index in [4.69, 9.17) is 5.73 Å². The molecule has 1 amide bonds. The predicted molar refractivity (Wildman–Crippen MR) is 72.2 cm³/mol. The summed E-state index contributed by atoms with van der Waals surface area (Å²) in [7, 11) is 0. The summed E-state index contributed by atoms with van der Waals surface area (Å²) in [6, 6.07) is -0.266. The molecule has 1 aromatic heterocycles. The molecule has 2 heterocycles. The molecule has 19 heavy (non-hydrogen) atoms. The topological polar surface area (TPSA) is 77.0 Å². The van der Waals surface area contributed by atoms with Crippen LogP contribution in [0, 0.1) is 6.92 Å². The highest BCUT2D eigenvalue weighted by Crippen LogP contribution is 2.17. The lowest BCUT2D eigenvalue weighted by Gasteiger charge is -2.33. The van der Waals surface area contributed by atoms with Crippen LogP contribution in [0.2, 0.25) is 0 Å². The molecule has 1 aliphatic rings. The third-order valence-electron chi connectivity index (χ3n) is 3.47. The van der Waals surface area contributed by atoms with Gasteiger partial charge in [0.15, 0.2) is 0 Å². The maximum atomic E-state index is 11.6.